The number of aryl methyl sites for hydroxylation is 2. The molecule has 0 radical (unpaired) electrons. The van der Waals surface area contributed by atoms with Crippen LogP contribution in [0.1, 0.15) is 33.1 Å². The van der Waals surface area contributed by atoms with Crippen molar-refractivity contribution < 1.29 is 13.6 Å². The van der Waals surface area contributed by atoms with Gasteiger partial charge in [-0.2, -0.15) is 0 Å². The van der Waals surface area contributed by atoms with E-state index in [4.69, 9.17) is 21.1 Å². The van der Waals surface area contributed by atoms with E-state index in [1.54, 1.807) is 12.1 Å². The first-order valence-electron chi connectivity index (χ1n) is 9.20. The predicted octanol–water partition coefficient (Wildman–Crippen LogP) is 5.52. The minimum atomic E-state index is -0.420. The molecule has 0 aliphatic carbocycles. The van der Waals surface area contributed by atoms with E-state index in [-0.39, 0.29) is 10.9 Å². The number of nitrogens with one attached hydrogen (secondary N) is 2. The van der Waals surface area contributed by atoms with Crippen LogP contribution in [0.25, 0.3) is 11.1 Å². The number of amides is 1. The minimum Gasteiger partial charge on any atom is -0.444 e. The summed E-state index contributed by atoms with van der Waals surface area (Å²) in [4.78, 5) is 16.6. The van der Waals surface area contributed by atoms with Crippen LogP contribution in [-0.4, -0.2) is 16.0 Å². The molecule has 8 heteroatoms. The number of halogens is 1. The third-order valence-corrected chi connectivity index (χ3v) is 5.27. The lowest BCUT2D eigenvalue weighted by atomic mass is 10.1. The molecule has 0 bridgehead atoms. The summed E-state index contributed by atoms with van der Waals surface area (Å²) in [5, 5.41) is 5.74. The number of carbonyl (C=O) groups is 1. The van der Waals surface area contributed by atoms with E-state index in [9.17, 15) is 4.79 Å². The van der Waals surface area contributed by atoms with Crippen molar-refractivity contribution in [3.63, 3.8) is 0 Å². The van der Waals surface area contributed by atoms with Gasteiger partial charge in [0.05, 0.1) is 0 Å². The molecule has 0 atom stereocenters. The summed E-state index contributed by atoms with van der Waals surface area (Å²) in [6.07, 6.45) is 0.585. The van der Waals surface area contributed by atoms with Gasteiger partial charge in [0, 0.05) is 12.1 Å². The predicted molar refractivity (Wildman–Crippen MR) is 123 cm³/mol. The number of anilines is 1. The molecule has 0 aliphatic heterocycles. The van der Waals surface area contributed by atoms with Crippen molar-refractivity contribution in [2.24, 2.45) is 0 Å². The van der Waals surface area contributed by atoms with Crippen LogP contribution in [-0.2, 0) is 6.42 Å². The molecule has 0 spiro atoms. The molecule has 0 unspecified atom stereocenters. The average molecular weight is 484 g/mol. The molecule has 4 rings (SSSR count). The molecular weight excluding hydrogens is 466 g/mol. The average Bonchev–Trinajstić information content (AvgIpc) is 3.29. The highest BCUT2D eigenvalue weighted by Crippen LogP contribution is 2.22. The lowest BCUT2D eigenvalue weighted by Crippen LogP contribution is -2.33. The van der Waals surface area contributed by atoms with Crippen molar-refractivity contribution in [1.82, 2.24) is 10.3 Å². The summed E-state index contributed by atoms with van der Waals surface area (Å²) in [5.41, 5.74) is 5.86. The number of nitrogens with zero attached hydrogens (tertiary/aromatic N) is 1. The van der Waals surface area contributed by atoms with Gasteiger partial charge in [0.25, 0.3) is 5.91 Å². The number of benzene rings is 2. The topological polar surface area (TPSA) is 80.3 Å². The third-order valence-electron chi connectivity index (χ3n) is 4.64. The summed E-state index contributed by atoms with van der Waals surface area (Å²) >= 11 is 8.35. The molecule has 6 nitrogen and oxygen atoms in total. The number of carbonyl (C=O) groups excluding carboxylic acids is 1. The second kappa shape index (κ2) is 8.41. The molecule has 1 amide bonds. The summed E-state index contributed by atoms with van der Waals surface area (Å²) in [6, 6.07) is 15.0. The number of hydrogen-bond donors (Lipinski definition) is 2. The Morgan fingerprint density at radius 1 is 1.07 bits per heavy atom. The zero-order valence-electron chi connectivity index (χ0n) is 16.3. The molecule has 152 valence electrons. The van der Waals surface area contributed by atoms with Crippen LogP contribution in [0.15, 0.2) is 62.0 Å². The van der Waals surface area contributed by atoms with Crippen molar-refractivity contribution in [2.75, 3.05) is 5.32 Å². The van der Waals surface area contributed by atoms with E-state index < -0.39 is 5.91 Å². The number of thiocarbonyl (C=S) groups is 1. The third kappa shape index (κ3) is 4.60. The Morgan fingerprint density at radius 3 is 2.50 bits per heavy atom. The second-order valence-corrected chi connectivity index (χ2v) is 8.09. The Hall–Kier alpha value is -2.97. The van der Waals surface area contributed by atoms with E-state index in [0.717, 1.165) is 22.4 Å². The van der Waals surface area contributed by atoms with Crippen molar-refractivity contribution in [1.29, 1.82) is 0 Å². The highest BCUT2D eigenvalue weighted by atomic mass is 79.9. The number of hydrogen-bond acceptors (Lipinski definition) is 5. The van der Waals surface area contributed by atoms with Gasteiger partial charge in [-0.3, -0.25) is 10.1 Å². The van der Waals surface area contributed by atoms with Crippen LogP contribution in [0, 0.1) is 13.8 Å². The maximum atomic E-state index is 12.1. The molecule has 2 aromatic heterocycles. The molecule has 2 heterocycles. The van der Waals surface area contributed by atoms with Crippen LogP contribution in [0.2, 0.25) is 0 Å². The number of aromatic nitrogens is 1. The Balaban J connectivity index is 1.38. The highest BCUT2D eigenvalue weighted by Gasteiger charge is 2.12. The fourth-order valence-electron chi connectivity index (χ4n) is 2.95. The Kier molecular flexibility index (Phi) is 5.69. The Labute approximate surface area is 186 Å². The summed E-state index contributed by atoms with van der Waals surface area (Å²) < 4.78 is 11.6. The van der Waals surface area contributed by atoms with Crippen LogP contribution in [0.3, 0.4) is 0 Å². The van der Waals surface area contributed by atoms with Gasteiger partial charge in [0.1, 0.15) is 5.52 Å². The van der Waals surface area contributed by atoms with Gasteiger partial charge in [-0.25, -0.2) is 4.98 Å². The number of furan rings is 1. The van der Waals surface area contributed by atoms with Crippen molar-refractivity contribution in [2.45, 2.75) is 20.3 Å². The van der Waals surface area contributed by atoms with Crippen LogP contribution >= 0.6 is 28.1 Å². The maximum Gasteiger partial charge on any atom is 0.293 e. The molecule has 4 aromatic rings. The normalized spacial score (nSPS) is 10.9. The molecule has 0 saturated carbocycles. The molecule has 0 saturated heterocycles. The number of fused-ring (bicyclic) bond motifs is 1. The summed E-state index contributed by atoms with van der Waals surface area (Å²) in [5.74, 6) is 0.421. The molecule has 30 heavy (non-hydrogen) atoms. The molecule has 2 aromatic carbocycles. The van der Waals surface area contributed by atoms with Gasteiger partial charge in [-0.1, -0.05) is 12.1 Å². The molecule has 0 fully saturated rings. The standard InChI is InChI=1S/C22H18BrN3O3S/c1-12-9-16-18(10-13(12)2)29-20(25-16)11-14-3-5-15(6-4-14)24-22(30)26-21(27)17-7-8-19(23)28-17/h3-10H,11H2,1-2H3,(H2,24,26,27,30). The van der Waals surface area contributed by atoms with Gasteiger partial charge in [0.15, 0.2) is 27.0 Å². The van der Waals surface area contributed by atoms with Crippen LogP contribution < -0.4 is 10.6 Å². The molecular formula is C22H18BrN3O3S. The lowest BCUT2D eigenvalue weighted by molar-refractivity contribution is 0.0949. The first kappa shape index (κ1) is 20.3. The highest BCUT2D eigenvalue weighted by molar-refractivity contribution is 9.10. The fraction of sp³-hybridized carbons (Fsp3) is 0.136. The van der Waals surface area contributed by atoms with E-state index in [0.29, 0.717) is 17.0 Å². The van der Waals surface area contributed by atoms with Crippen molar-refractivity contribution in [3.05, 3.63) is 81.5 Å². The first-order valence-corrected chi connectivity index (χ1v) is 10.4. The van der Waals surface area contributed by atoms with Gasteiger partial charge in [-0.15, -0.1) is 0 Å². The largest absolute Gasteiger partial charge is 0.444 e. The SMILES string of the molecule is Cc1cc2nc(Cc3ccc(NC(=S)NC(=O)c4ccc(Br)o4)cc3)oc2cc1C. The first-order chi connectivity index (χ1) is 14.4. The number of oxazole rings is 1. The molecule has 0 aliphatic rings. The maximum absolute atomic E-state index is 12.1. The monoisotopic (exact) mass is 483 g/mol. The van der Waals surface area contributed by atoms with E-state index >= 15 is 0 Å². The zero-order chi connectivity index (χ0) is 21.3. The number of rotatable bonds is 4. The summed E-state index contributed by atoms with van der Waals surface area (Å²) in [6.45, 7) is 4.12. The van der Waals surface area contributed by atoms with Crippen LogP contribution in [0.5, 0.6) is 0 Å². The Morgan fingerprint density at radius 2 is 1.80 bits per heavy atom. The Bertz CT molecular complexity index is 1210. The zero-order valence-corrected chi connectivity index (χ0v) is 18.7. The summed E-state index contributed by atoms with van der Waals surface area (Å²) in [7, 11) is 0. The van der Waals surface area contributed by atoms with Crippen molar-refractivity contribution >= 4 is 56.0 Å². The van der Waals surface area contributed by atoms with E-state index in [2.05, 4.69) is 45.4 Å². The minimum absolute atomic E-state index is 0.171. The smallest absolute Gasteiger partial charge is 0.293 e. The van der Waals surface area contributed by atoms with Gasteiger partial charge >= 0.3 is 0 Å². The molecule has 2 N–H and O–H groups in total. The van der Waals surface area contributed by atoms with Crippen molar-refractivity contribution in [3.8, 4) is 0 Å². The lowest BCUT2D eigenvalue weighted by Gasteiger charge is -2.09. The van der Waals surface area contributed by atoms with Gasteiger partial charge < -0.3 is 14.2 Å². The second-order valence-electron chi connectivity index (χ2n) is 6.90. The van der Waals surface area contributed by atoms with E-state index in [1.807, 2.05) is 36.4 Å². The van der Waals surface area contributed by atoms with Crippen LogP contribution in [0.4, 0.5) is 5.69 Å². The van der Waals surface area contributed by atoms with E-state index in [1.165, 1.54) is 11.1 Å². The fourth-order valence-corrected chi connectivity index (χ4v) is 3.46. The van der Waals surface area contributed by atoms with Gasteiger partial charge in [-0.05, 0) is 95.1 Å². The van der Waals surface area contributed by atoms with Gasteiger partial charge in [0.2, 0.25) is 0 Å². The quantitative estimate of drug-likeness (QED) is 0.372.